The van der Waals surface area contributed by atoms with Crippen LogP contribution in [0, 0.1) is 11.3 Å². The molecule has 2 aromatic rings. The van der Waals surface area contributed by atoms with Gasteiger partial charge in [-0.25, -0.2) is 0 Å². The molecule has 0 heterocycles. The molecule has 4 nitrogen and oxygen atoms in total. The highest BCUT2D eigenvalue weighted by Gasteiger charge is 2.09. The van der Waals surface area contributed by atoms with Crippen LogP contribution in [-0.2, 0) is 6.61 Å². The third-order valence-electron chi connectivity index (χ3n) is 3.00. The van der Waals surface area contributed by atoms with Crippen molar-refractivity contribution < 1.29 is 14.2 Å². The highest BCUT2D eigenvalue weighted by atomic mass is 35.5. The van der Waals surface area contributed by atoms with Gasteiger partial charge in [0.05, 0.1) is 25.3 Å². The minimum absolute atomic E-state index is 0.287. The predicted octanol–water partition coefficient (Wildman–Crippen LogP) is 4.20. The Hall–Kier alpha value is -2.38. The minimum atomic E-state index is 0.287. The van der Waals surface area contributed by atoms with E-state index in [1.54, 1.807) is 43.5 Å². The van der Waals surface area contributed by atoms with E-state index in [0.717, 1.165) is 5.56 Å². The highest BCUT2D eigenvalue weighted by molar-refractivity contribution is 6.30. The zero-order chi connectivity index (χ0) is 15.9. The fourth-order valence-electron chi connectivity index (χ4n) is 1.98. The molecule has 22 heavy (non-hydrogen) atoms. The van der Waals surface area contributed by atoms with Crippen molar-refractivity contribution in [3.8, 4) is 23.3 Å². The molecule has 0 N–H and O–H groups in total. The first kappa shape index (κ1) is 16.0. The summed E-state index contributed by atoms with van der Waals surface area (Å²) in [7, 11) is 1.60. The van der Waals surface area contributed by atoms with E-state index in [-0.39, 0.29) is 6.61 Å². The summed E-state index contributed by atoms with van der Waals surface area (Å²) in [6.45, 7) is 2.66. The van der Waals surface area contributed by atoms with Crippen LogP contribution in [0.25, 0.3) is 0 Å². The Morgan fingerprint density at radius 3 is 2.50 bits per heavy atom. The van der Waals surface area contributed by atoms with Gasteiger partial charge in [-0.15, -0.1) is 0 Å². The molecule has 0 aromatic heterocycles. The second-order valence-corrected chi connectivity index (χ2v) is 4.89. The smallest absolute Gasteiger partial charge is 0.162 e. The van der Waals surface area contributed by atoms with Crippen LogP contribution < -0.4 is 14.2 Å². The molecule has 114 valence electrons. The van der Waals surface area contributed by atoms with Crippen LogP contribution in [0.15, 0.2) is 36.4 Å². The molecule has 0 bridgehead atoms. The van der Waals surface area contributed by atoms with Gasteiger partial charge in [0.25, 0.3) is 0 Å². The molecule has 2 rings (SSSR count). The quantitative estimate of drug-likeness (QED) is 0.801. The fourth-order valence-corrected chi connectivity index (χ4v) is 2.18. The van der Waals surface area contributed by atoms with E-state index in [0.29, 0.717) is 34.4 Å². The van der Waals surface area contributed by atoms with Gasteiger partial charge in [-0.2, -0.15) is 5.26 Å². The molecule has 0 unspecified atom stereocenters. The summed E-state index contributed by atoms with van der Waals surface area (Å²) in [5.41, 5.74) is 1.36. The maximum Gasteiger partial charge on any atom is 0.162 e. The van der Waals surface area contributed by atoms with E-state index >= 15 is 0 Å². The average molecular weight is 318 g/mol. The molecule has 0 saturated carbocycles. The molecule has 0 atom stereocenters. The van der Waals surface area contributed by atoms with Crippen molar-refractivity contribution >= 4 is 11.6 Å². The van der Waals surface area contributed by atoms with Gasteiger partial charge in [0.1, 0.15) is 12.4 Å². The number of hydrogen-bond acceptors (Lipinski definition) is 4. The Bertz CT molecular complexity index is 695. The van der Waals surface area contributed by atoms with Crippen LogP contribution in [0.3, 0.4) is 0 Å². The van der Waals surface area contributed by atoms with Gasteiger partial charge in [0, 0.05) is 16.7 Å². The van der Waals surface area contributed by atoms with Gasteiger partial charge in [-0.3, -0.25) is 0 Å². The van der Waals surface area contributed by atoms with Crippen molar-refractivity contribution in [3.05, 3.63) is 52.5 Å². The SMILES string of the molecule is CCOc1cc(C#N)ccc1OCc1cc(Cl)ccc1OC. The summed E-state index contributed by atoms with van der Waals surface area (Å²) >= 11 is 6.00. The van der Waals surface area contributed by atoms with Crippen molar-refractivity contribution in [1.29, 1.82) is 5.26 Å². The average Bonchev–Trinajstić information content (AvgIpc) is 2.54. The first-order chi connectivity index (χ1) is 10.7. The number of benzene rings is 2. The van der Waals surface area contributed by atoms with E-state index in [1.165, 1.54) is 0 Å². The summed E-state index contributed by atoms with van der Waals surface area (Å²) in [6.07, 6.45) is 0. The van der Waals surface area contributed by atoms with Gasteiger partial charge in [0.2, 0.25) is 0 Å². The highest BCUT2D eigenvalue weighted by Crippen LogP contribution is 2.30. The van der Waals surface area contributed by atoms with Crippen LogP contribution in [0.2, 0.25) is 5.02 Å². The number of rotatable bonds is 6. The number of ether oxygens (including phenoxy) is 3. The Morgan fingerprint density at radius 2 is 1.82 bits per heavy atom. The Kier molecular flexibility index (Phi) is 5.51. The molecule has 0 aliphatic rings. The summed E-state index contributed by atoms with van der Waals surface area (Å²) in [6, 6.07) is 12.5. The molecule has 5 heteroatoms. The van der Waals surface area contributed by atoms with Gasteiger partial charge < -0.3 is 14.2 Å². The van der Waals surface area contributed by atoms with Gasteiger partial charge >= 0.3 is 0 Å². The Balaban J connectivity index is 2.21. The second-order valence-electron chi connectivity index (χ2n) is 4.45. The van der Waals surface area contributed by atoms with E-state index in [1.807, 2.05) is 6.92 Å². The maximum absolute atomic E-state index is 8.95. The standard InChI is InChI=1S/C17H16ClNO3/c1-3-21-17-8-12(10-19)4-6-16(17)22-11-13-9-14(18)5-7-15(13)20-2/h4-9H,3,11H2,1-2H3. The molecule has 2 aromatic carbocycles. The predicted molar refractivity (Wildman–Crippen MR) is 84.7 cm³/mol. The van der Waals surface area contributed by atoms with Crippen molar-refractivity contribution in [1.82, 2.24) is 0 Å². The summed E-state index contributed by atoms with van der Waals surface area (Å²) in [5.74, 6) is 1.82. The van der Waals surface area contributed by atoms with Crippen LogP contribution in [-0.4, -0.2) is 13.7 Å². The zero-order valence-corrected chi connectivity index (χ0v) is 13.2. The lowest BCUT2D eigenvalue weighted by Crippen LogP contribution is -2.01. The Morgan fingerprint density at radius 1 is 1.05 bits per heavy atom. The van der Waals surface area contributed by atoms with E-state index in [4.69, 9.17) is 31.1 Å². The van der Waals surface area contributed by atoms with E-state index < -0.39 is 0 Å². The van der Waals surface area contributed by atoms with E-state index in [9.17, 15) is 0 Å². The molecule has 0 saturated heterocycles. The molecule has 0 aliphatic heterocycles. The lowest BCUT2D eigenvalue weighted by atomic mass is 10.2. The monoisotopic (exact) mass is 317 g/mol. The Labute approximate surface area is 134 Å². The number of hydrogen-bond donors (Lipinski definition) is 0. The molecule has 0 aliphatic carbocycles. The van der Waals surface area contributed by atoms with Gasteiger partial charge in [-0.1, -0.05) is 11.6 Å². The fraction of sp³-hybridized carbons (Fsp3) is 0.235. The van der Waals surface area contributed by atoms with Crippen LogP contribution >= 0.6 is 11.6 Å². The van der Waals surface area contributed by atoms with Crippen molar-refractivity contribution in [2.24, 2.45) is 0 Å². The lowest BCUT2D eigenvalue weighted by molar-refractivity contribution is 0.265. The van der Waals surface area contributed by atoms with Gasteiger partial charge in [-0.05, 0) is 37.3 Å². The van der Waals surface area contributed by atoms with Crippen molar-refractivity contribution in [3.63, 3.8) is 0 Å². The van der Waals surface area contributed by atoms with Gasteiger partial charge in [0.15, 0.2) is 11.5 Å². The summed E-state index contributed by atoms with van der Waals surface area (Å²) in [4.78, 5) is 0. The third-order valence-corrected chi connectivity index (χ3v) is 3.23. The first-order valence-corrected chi connectivity index (χ1v) is 7.18. The molecular formula is C17H16ClNO3. The van der Waals surface area contributed by atoms with Crippen LogP contribution in [0.4, 0.5) is 0 Å². The van der Waals surface area contributed by atoms with Crippen molar-refractivity contribution in [2.75, 3.05) is 13.7 Å². The molecule has 0 fully saturated rings. The third kappa shape index (κ3) is 3.84. The minimum Gasteiger partial charge on any atom is -0.496 e. The lowest BCUT2D eigenvalue weighted by Gasteiger charge is -2.14. The number of nitrogens with zero attached hydrogens (tertiary/aromatic N) is 1. The van der Waals surface area contributed by atoms with E-state index in [2.05, 4.69) is 6.07 Å². The van der Waals surface area contributed by atoms with Crippen molar-refractivity contribution in [2.45, 2.75) is 13.5 Å². The number of nitriles is 1. The summed E-state index contributed by atoms with van der Waals surface area (Å²) in [5, 5.41) is 9.57. The largest absolute Gasteiger partial charge is 0.496 e. The molecule has 0 spiro atoms. The first-order valence-electron chi connectivity index (χ1n) is 6.80. The second kappa shape index (κ2) is 7.58. The molecule has 0 amide bonds. The molecular weight excluding hydrogens is 302 g/mol. The van der Waals surface area contributed by atoms with Crippen LogP contribution in [0.1, 0.15) is 18.1 Å². The maximum atomic E-state index is 8.95. The normalized spacial score (nSPS) is 9.91. The topological polar surface area (TPSA) is 51.5 Å². The molecule has 0 radical (unpaired) electrons. The number of methoxy groups -OCH3 is 1. The number of halogens is 1. The van der Waals surface area contributed by atoms with Crippen LogP contribution in [0.5, 0.6) is 17.2 Å². The zero-order valence-electron chi connectivity index (χ0n) is 12.4. The summed E-state index contributed by atoms with van der Waals surface area (Å²) < 4.78 is 16.6.